The highest BCUT2D eigenvalue weighted by molar-refractivity contribution is 7.07. The molecule has 3 heteroatoms. The van der Waals surface area contributed by atoms with Crippen LogP contribution >= 0.6 is 11.3 Å². The minimum absolute atomic E-state index is 0.0670. The predicted octanol–water partition coefficient (Wildman–Crippen LogP) is 3.12. The summed E-state index contributed by atoms with van der Waals surface area (Å²) < 4.78 is 0. The zero-order valence-corrected chi connectivity index (χ0v) is 9.12. The maximum Gasteiger partial charge on any atom is 0.304 e. The van der Waals surface area contributed by atoms with Gasteiger partial charge in [-0.1, -0.05) is 44.4 Å². The summed E-state index contributed by atoms with van der Waals surface area (Å²) in [5.74, 6) is 0.505. The number of unbranched alkanes of at least 4 members (excludes halogenated alkanes) is 2. The molecule has 2 nitrogen and oxygen atoms in total. The molecule has 0 saturated heterocycles. The van der Waals surface area contributed by atoms with E-state index in [1.165, 1.54) is 37.0 Å². The average molecular weight is 199 g/mol. The van der Waals surface area contributed by atoms with E-state index in [0.717, 1.165) is 5.69 Å². The zero-order chi connectivity index (χ0) is 9.68. The summed E-state index contributed by atoms with van der Waals surface area (Å²) in [6, 6.07) is 0. The molecule has 0 aliphatic rings. The van der Waals surface area contributed by atoms with E-state index in [4.69, 9.17) is 0 Å². The van der Waals surface area contributed by atoms with Crippen molar-refractivity contribution in [2.75, 3.05) is 0 Å². The van der Waals surface area contributed by atoms with Gasteiger partial charge in [-0.25, -0.2) is 0 Å². The van der Waals surface area contributed by atoms with Crippen LogP contribution in [0.2, 0.25) is 0 Å². The van der Waals surface area contributed by atoms with Gasteiger partial charge in [0.1, 0.15) is 0 Å². The number of H-pyrrole nitrogens is 1. The molecule has 1 aromatic rings. The van der Waals surface area contributed by atoms with Crippen molar-refractivity contribution in [3.63, 3.8) is 0 Å². The van der Waals surface area contributed by atoms with Gasteiger partial charge in [0.05, 0.1) is 0 Å². The van der Waals surface area contributed by atoms with Crippen LogP contribution in [0.1, 0.15) is 51.1 Å². The van der Waals surface area contributed by atoms with Gasteiger partial charge in [0.25, 0.3) is 0 Å². The molecule has 1 atom stereocenters. The smallest absolute Gasteiger partial charge is 0.304 e. The van der Waals surface area contributed by atoms with Crippen molar-refractivity contribution >= 4 is 11.3 Å². The molecule has 74 valence electrons. The third-order valence-electron chi connectivity index (χ3n) is 2.31. The third kappa shape index (κ3) is 3.35. The maximum absolute atomic E-state index is 10.9. The lowest BCUT2D eigenvalue weighted by atomic mass is 10.0. The molecule has 1 rings (SSSR count). The normalized spacial score (nSPS) is 13.1. The average Bonchev–Trinajstić information content (AvgIpc) is 2.52. The van der Waals surface area contributed by atoms with Crippen LogP contribution in [0, 0.1) is 0 Å². The van der Waals surface area contributed by atoms with E-state index < -0.39 is 0 Å². The van der Waals surface area contributed by atoms with Crippen molar-refractivity contribution < 1.29 is 0 Å². The van der Waals surface area contributed by atoms with Crippen LogP contribution in [0.5, 0.6) is 0 Å². The number of rotatable bonds is 5. The second-order valence-electron chi connectivity index (χ2n) is 3.50. The summed E-state index contributed by atoms with van der Waals surface area (Å²) >= 11 is 1.26. The monoisotopic (exact) mass is 199 g/mol. The topological polar surface area (TPSA) is 32.9 Å². The Labute approximate surface area is 83.0 Å². The molecule has 0 fully saturated rings. The quantitative estimate of drug-likeness (QED) is 0.726. The molecule has 1 aromatic heterocycles. The zero-order valence-electron chi connectivity index (χ0n) is 8.30. The van der Waals surface area contributed by atoms with Crippen LogP contribution in [0.3, 0.4) is 0 Å². The minimum Gasteiger partial charge on any atom is -0.316 e. The Hall–Kier alpha value is -0.570. The molecule has 0 aliphatic carbocycles. The van der Waals surface area contributed by atoms with Gasteiger partial charge in [-0.2, -0.15) is 0 Å². The van der Waals surface area contributed by atoms with E-state index in [1.807, 2.05) is 5.38 Å². The minimum atomic E-state index is 0.0670. The summed E-state index contributed by atoms with van der Waals surface area (Å²) in [4.78, 5) is 13.8. The molecule has 1 N–H and O–H groups in total. The molecule has 1 unspecified atom stereocenters. The van der Waals surface area contributed by atoms with E-state index in [-0.39, 0.29) is 4.87 Å². The summed E-state index contributed by atoms with van der Waals surface area (Å²) in [5.41, 5.74) is 1.10. The first-order valence-electron chi connectivity index (χ1n) is 4.91. The Bertz CT molecular complexity index is 289. The summed E-state index contributed by atoms with van der Waals surface area (Å²) in [6.45, 7) is 4.38. The standard InChI is InChI=1S/C10H17NOS/c1-3-4-5-6-8(2)9-7-13-10(12)11-9/h7-8H,3-6H2,1-2H3,(H,11,12). The number of hydrogen-bond acceptors (Lipinski definition) is 2. The van der Waals surface area contributed by atoms with Gasteiger partial charge >= 0.3 is 4.87 Å². The van der Waals surface area contributed by atoms with Crippen molar-refractivity contribution in [1.29, 1.82) is 0 Å². The molecule has 0 saturated carbocycles. The second kappa shape index (κ2) is 5.22. The summed E-state index contributed by atoms with van der Waals surface area (Å²) in [7, 11) is 0. The number of aromatic amines is 1. The molecule has 0 bridgehead atoms. The molecule has 0 aromatic carbocycles. The summed E-state index contributed by atoms with van der Waals surface area (Å²) in [5, 5.41) is 1.94. The third-order valence-corrected chi connectivity index (χ3v) is 3.00. The highest BCUT2D eigenvalue weighted by Crippen LogP contribution is 2.19. The first kappa shape index (κ1) is 10.5. The van der Waals surface area contributed by atoms with Gasteiger partial charge < -0.3 is 4.98 Å². The first-order valence-corrected chi connectivity index (χ1v) is 5.79. The Morgan fingerprint density at radius 2 is 2.31 bits per heavy atom. The maximum atomic E-state index is 10.9. The number of hydrogen-bond donors (Lipinski definition) is 1. The van der Waals surface area contributed by atoms with Crippen LogP contribution in [-0.4, -0.2) is 4.98 Å². The van der Waals surface area contributed by atoms with Crippen LogP contribution in [0.4, 0.5) is 0 Å². The second-order valence-corrected chi connectivity index (χ2v) is 4.34. The first-order chi connectivity index (χ1) is 6.24. The van der Waals surface area contributed by atoms with Crippen LogP contribution in [0.25, 0.3) is 0 Å². The molecular formula is C10H17NOS. The van der Waals surface area contributed by atoms with Crippen LogP contribution < -0.4 is 4.87 Å². The van der Waals surface area contributed by atoms with Gasteiger partial charge in [-0.15, -0.1) is 0 Å². The van der Waals surface area contributed by atoms with Gasteiger partial charge in [-0.3, -0.25) is 4.79 Å². The van der Waals surface area contributed by atoms with E-state index in [0.29, 0.717) is 5.92 Å². The Morgan fingerprint density at radius 3 is 2.85 bits per heavy atom. The van der Waals surface area contributed by atoms with Gasteiger partial charge in [0, 0.05) is 11.1 Å². The lowest BCUT2D eigenvalue weighted by molar-refractivity contribution is 0.589. The predicted molar refractivity (Wildman–Crippen MR) is 57.5 cm³/mol. The van der Waals surface area contributed by atoms with Crippen molar-refractivity contribution in [3.8, 4) is 0 Å². The summed E-state index contributed by atoms with van der Waals surface area (Å²) in [6.07, 6.45) is 4.99. The Balaban J connectivity index is 2.39. The van der Waals surface area contributed by atoms with Gasteiger partial charge in [0.15, 0.2) is 0 Å². The highest BCUT2D eigenvalue weighted by atomic mass is 32.1. The fourth-order valence-corrected chi connectivity index (χ4v) is 2.09. The number of thiazole rings is 1. The lowest BCUT2D eigenvalue weighted by Gasteiger charge is -2.07. The van der Waals surface area contributed by atoms with E-state index in [2.05, 4.69) is 18.8 Å². The molecule has 1 heterocycles. The largest absolute Gasteiger partial charge is 0.316 e. The van der Waals surface area contributed by atoms with Gasteiger partial charge in [0.2, 0.25) is 0 Å². The number of nitrogens with one attached hydrogen (secondary N) is 1. The molecule has 0 radical (unpaired) electrons. The van der Waals surface area contributed by atoms with Crippen molar-refractivity contribution in [3.05, 3.63) is 20.7 Å². The molecule has 0 aliphatic heterocycles. The fourth-order valence-electron chi connectivity index (χ4n) is 1.39. The van der Waals surface area contributed by atoms with Crippen molar-refractivity contribution in [2.45, 2.75) is 45.4 Å². The lowest BCUT2D eigenvalue weighted by Crippen LogP contribution is -1.99. The van der Waals surface area contributed by atoms with Crippen LogP contribution in [-0.2, 0) is 0 Å². The van der Waals surface area contributed by atoms with Gasteiger partial charge in [-0.05, 0) is 12.3 Å². The van der Waals surface area contributed by atoms with E-state index in [1.54, 1.807) is 0 Å². The number of aromatic nitrogens is 1. The van der Waals surface area contributed by atoms with Crippen LogP contribution in [0.15, 0.2) is 10.2 Å². The highest BCUT2D eigenvalue weighted by Gasteiger charge is 2.06. The molecule has 13 heavy (non-hydrogen) atoms. The molecule has 0 spiro atoms. The fraction of sp³-hybridized carbons (Fsp3) is 0.700. The van der Waals surface area contributed by atoms with E-state index in [9.17, 15) is 4.79 Å². The SMILES string of the molecule is CCCCCC(C)c1csc(=O)[nH]1. The molecular weight excluding hydrogens is 182 g/mol. The Morgan fingerprint density at radius 1 is 1.54 bits per heavy atom. The van der Waals surface area contributed by atoms with Crippen molar-refractivity contribution in [2.24, 2.45) is 0 Å². The van der Waals surface area contributed by atoms with E-state index >= 15 is 0 Å². The Kier molecular flexibility index (Phi) is 4.22. The van der Waals surface area contributed by atoms with Crippen molar-refractivity contribution in [1.82, 2.24) is 4.98 Å². The molecule has 0 amide bonds.